The molecule has 76 valence electrons. The number of nitrogens with zero attached hydrogens (tertiary/aromatic N) is 1. The van der Waals surface area contributed by atoms with Crippen molar-refractivity contribution in [3.8, 4) is 11.3 Å². The predicted molar refractivity (Wildman–Crippen MR) is 59.4 cm³/mol. The minimum absolute atomic E-state index is 0.228. The first-order valence-electron chi connectivity index (χ1n) is 4.56. The summed E-state index contributed by atoms with van der Waals surface area (Å²) in [7, 11) is 0. The summed E-state index contributed by atoms with van der Waals surface area (Å²) < 4.78 is 13.3. The first kappa shape index (κ1) is 10.1. The van der Waals surface area contributed by atoms with E-state index in [9.17, 15) is 4.39 Å². The molecule has 15 heavy (non-hydrogen) atoms. The topological polar surface area (TPSA) is 12.9 Å². The number of halogens is 2. The molecule has 0 spiro atoms. The fourth-order valence-electron chi connectivity index (χ4n) is 1.44. The number of rotatable bonds is 1. The van der Waals surface area contributed by atoms with Crippen LogP contribution in [0.15, 0.2) is 36.4 Å². The fraction of sp³-hybridized carbons (Fsp3) is 0.0833. The van der Waals surface area contributed by atoms with Crippen molar-refractivity contribution < 1.29 is 4.39 Å². The second-order valence-corrected chi connectivity index (χ2v) is 3.65. The smallest absolute Gasteiger partial charge is 0.129 e. The standard InChI is InChI=1S/C12H9ClFN/c1-8-9(4-2-5-10(8)14)11-6-3-7-12(13)15-11/h2-7H,1H3. The van der Waals surface area contributed by atoms with Gasteiger partial charge in [-0.05, 0) is 30.7 Å². The van der Waals surface area contributed by atoms with Crippen molar-refractivity contribution in [3.63, 3.8) is 0 Å². The minimum atomic E-state index is -0.228. The van der Waals surface area contributed by atoms with Crippen LogP contribution < -0.4 is 0 Å². The van der Waals surface area contributed by atoms with Crippen LogP contribution >= 0.6 is 11.6 Å². The average molecular weight is 222 g/mol. The van der Waals surface area contributed by atoms with E-state index >= 15 is 0 Å². The van der Waals surface area contributed by atoms with E-state index in [2.05, 4.69) is 4.98 Å². The third-order valence-electron chi connectivity index (χ3n) is 2.26. The molecule has 0 radical (unpaired) electrons. The molecule has 0 aliphatic heterocycles. The van der Waals surface area contributed by atoms with Crippen LogP contribution in [0, 0.1) is 12.7 Å². The van der Waals surface area contributed by atoms with Gasteiger partial charge >= 0.3 is 0 Å². The normalized spacial score (nSPS) is 10.3. The highest BCUT2D eigenvalue weighted by Crippen LogP contribution is 2.24. The predicted octanol–water partition coefficient (Wildman–Crippen LogP) is 3.85. The minimum Gasteiger partial charge on any atom is -0.236 e. The van der Waals surface area contributed by atoms with Crippen LogP contribution in [0.4, 0.5) is 4.39 Å². The van der Waals surface area contributed by atoms with E-state index in [1.54, 1.807) is 25.1 Å². The highest BCUT2D eigenvalue weighted by Gasteiger charge is 2.06. The molecule has 0 N–H and O–H groups in total. The van der Waals surface area contributed by atoms with Gasteiger partial charge in [0, 0.05) is 5.56 Å². The first-order chi connectivity index (χ1) is 7.18. The largest absolute Gasteiger partial charge is 0.236 e. The van der Waals surface area contributed by atoms with Crippen molar-refractivity contribution in [1.82, 2.24) is 4.98 Å². The van der Waals surface area contributed by atoms with Crippen LogP contribution in [0.2, 0.25) is 5.15 Å². The summed E-state index contributed by atoms with van der Waals surface area (Å²) in [5.41, 5.74) is 2.06. The Kier molecular flexibility index (Phi) is 2.69. The molecule has 0 unspecified atom stereocenters. The second-order valence-electron chi connectivity index (χ2n) is 3.26. The second kappa shape index (κ2) is 3.99. The van der Waals surface area contributed by atoms with Crippen molar-refractivity contribution in [1.29, 1.82) is 0 Å². The van der Waals surface area contributed by atoms with Gasteiger partial charge in [-0.1, -0.05) is 29.8 Å². The monoisotopic (exact) mass is 221 g/mol. The van der Waals surface area contributed by atoms with E-state index < -0.39 is 0 Å². The van der Waals surface area contributed by atoms with Gasteiger partial charge in [-0.25, -0.2) is 9.37 Å². The lowest BCUT2D eigenvalue weighted by atomic mass is 10.0. The molecule has 1 heterocycles. The van der Waals surface area contributed by atoms with Gasteiger partial charge < -0.3 is 0 Å². The van der Waals surface area contributed by atoms with Crippen LogP contribution in [-0.4, -0.2) is 4.98 Å². The number of benzene rings is 1. The Morgan fingerprint density at radius 2 is 1.87 bits per heavy atom. The Hall–Kier alpha value is -1.41. The van der Waals surface area contributed by atoms with Gasteiger partial charge in [0.1, 0.15) is 11.0 Å². The van der Waals surface area contributed by atoms with Crippen LogP contribution in [0.5, 0.6) is 0 Å². The van der Waals surface area contributed by atoms with E-state index in [0.29, 0.717) is 16.4 Å². The molecular formula is C12H9ClFN. The van der Waals surface area contributed by atoms with E-state index in [4.69, 9.17) is 11.6 Å². The van der Waals surface area contributed by atoms with Crippen LogP contribution in [0.25, 0.3) is 11.3 Å². The highest BCUT2D eigenvalue weighted by atomic mass is 35.5. The van der Waals surface area contributed by atoms with Crippen LogP contribution in [0.3, 0.4) is 0 Å². The summed E-state index contributed by atoms with van der Waals surface area (Å²) in [6, 6.07) is 10.2. The Labute approximate surface area is 92.5 Å². The number of aromatic nitrogens is 1. The third-order valence-corrected chi connectivity index (χ3v) is 2.47. The molecule has 3 heteroatoms. The maximum absolute atomic E-state index is 13.3. The van der Waals surface area contributed by atoms with Crippen molar-refractivity contribution in [2.45, 2.75) is 6.92 Å². The molecule has 0 atom stereocenters. The van der Waals surface area contributed by atoms with Gasteiger partial charge in [0.15, 0.2) is 0 Å². The molecule has 0 saturated heterocycles. The summed E-state index contributed by atoms with van der Waals surface area (Å²) in [6.07, 6.45) is 0. The first-order valence-corrected chi connectivity index (χ1v) is 4.94. The van der Waals surface area contributed by atoms with Gasteiger partial charge in [0.05, 0.1) is 5.69 Å². The number of hydrogen-bond donors (Lipinski definition) is 0. The summed E-state index contributed by atoms with van der Waals surface area (Å²) in [5, 5.41) is 0.413. The average Bonchev–Trinajstić information content (AvgIpc) is 2.22. The van der Waals surface area contributed by atoms with Gasteiger partial charge in [-0.3, -0.25) is 0 Å². The van der Waals surface area contributed by atoms with Crippen molar-refractivity contribution >= 4 is 11.6 Å². The summed E-state index contributed by atoms with van der Waals surface area (Å²) in [4.78, 5) is 4.14. The Morgan fingerprint density at radius 1 is 1.13 bits per heavy atom. The molecular weight excluding hydrogens is 213 g/mol. The molecule has 0 bridgehead atoms. The van der Waals surface area contributed by atoms with Gasteiger partial charge in [0.25, 0.3) is 0 Å². The summed E-state index contributed by atoms with van der Waals surface area (Å²) in [6.45, 7) is 1.73. The molecule has 0 aliphatic carbocycles. The highest BCUT2D eigenvalue weighted by molar-refractivity contribution is 6.29. The van der Waals surface area contributed by atoms with Gasteiger partial charge in [0.2, 0.25) is 0 Å². The van der Waals surface area contributed by atoms with E-state index in [0.717, 1.165) is 5.56 Å². The zero-order valence-corrected chi connectivity index (χ0v) is 8.92. The zero-order valence-electron chi connectivity index (χ0n) is 8.17. The lowest BCUT2D eigenvalue weighted by Gasteiger charge is -2.05. The van der Waals surface area contributed by atoms with Crippen LogP contribution in [-0.2, 0) is 0 Å². The van der Waals surface area contributed by atoms with E-state index in [1.165, 1.54) is 6.07 Å². The SMILES string of the molecule is Cc1c(F)cccc1-c1cccc(Cl)n1. The molecule has 2 rings (SSSR count). The van der Waals surface area contributed by atoms with E-state index in [-0.39, 0.29) is 5.82 Å². The molecule has 1 aromatic carbocycles. The Bertz CT molecular complexity index is 497. The van der Waals surface area contributed by atoms with Crippen LogP contribution in [0.1, 0.15) is 5.56 Å². The quantitative estimate of drug-likeness (QED) is 0.667. The number of hydrogen-bond acceptors (Lipinski definition) is 1. The van der Waals surface area contributed by atoms with Gasteiger partial charge in [-0.15, -0.1) is 0 Å². The molecule has 1 aromatic heterocycles. The third kappa shape index (κ3) is 2.00. The molecule has 0 fully saturated rings. The molecule has 0 saturated carbocycles. The van der Waals surface area contributed by atoms with E-state index in [1.807, 2.05) is 12.1 Å². The maximum atomic E-state index is 13.3. The molecule has 0 aliphatic rings. The molecule has 1 nitrogen and oxygen atoms in total. The Balaban J connectivity index is 2.59. The van der Waals surface area contributed by atoms with Crippen molar-refractivity contribution in [3.05, 3.63) is 52.9 Å². The Morgan fingerprint density at radius 3 is 2.60 bits per heavy atom. The maximum Gasteiger partial charge on any atom is 0.129 e. The van der Waals surface area contributed by atoms with Gasteiger partial charge in [-0.2, -0.15) is 0 Å². The summed E-state index contributed by atoms with van der Waals surface area (Å²) >= 11 is 5.78. The number of pyridine rings is 1. The lowest BCUT2D eigenvalue weighted by molar-refractivity contribution is 0.619. The van der Waals surface area contributed by atoms with Crippen molar-refractivity contribution in [2.24, 2.45) is 0 Å². The molecule has 0 amide bonds. The molecule has 2 aromatic rings. The van der Waals surface area contributed by atoms with Crippen molar-refractivity contribution in [2.75, 3.05) is 0 Å². The fourth-order valence-corrected chi connectivity index (χ4v) is 1.61. The zero-order chi connectivity index (χ0) is 10.8. The summed E-state index contributed by atoms with van der Waals surface area (Å²) in [5.74, 6) is -0.228. The lowest BCUT2D eigenvalue weighted by Crippen LogP contribution is -1.90.